The van der Waals surface area contributed by atoms with Crippen LogP contribution in [0.4, 0.5) is 10.6 Å². The number of rotatable bonds is 3. The molecule has 0 aliphatic carbocycles. The Labute approximate surface area is 159 Å². The first-order valence-electron chi connectivity index (χ1n) is 9.50. The number of carbonyl (C=O) groups is 1. The number of carbonyl (C=O) groups excluding carboxylic acids is 1. The Bertz CT molecular complexity index is 912. The van der Waals surface area contributed by atoms with Gasteiger partial charge in [0.25, 0.3) is 0 Å². The van der Waals surface area contributed by atoms with Crippen LogP contribution in [0.3, 0.4) is 0 Å². The van der Waals surface area contributed by atoms with Gasteiger partial charge >= 0.3 is 6.03 Å². The van der Waals surface area contributed by atoms with E-state index in [-0.39, 0.29) is 6.03 Å². The second kappa shape index (κ2) is 7.66. The van der Waals surface area contributed by atoms with Crippen molar-refractivity contribution in [3.63, 3.8) is 0 Å². The molecule has 0 radical (unpaired) electrons. The van der Waals surface area contributed by atoms with Gasteiger partial charge in [0, 0.05) is 24.2 Å². The highest BCUT2D eigenvalue weighted by atomic mass is 16.2. The summed E-state index contributed by atoms with van der Waals surface area (Å²) in [5.74, 6) is 0.619. The molecule has 2 amide bonds. The Morgan fingerprint density at radius 2 is 1.56 bits per heavy atom. The van der Waals surface area contributed by atoms with Crippen LogP contribution in [0.1, 0.15) is 24.8 Å². The quantitative estimate of drug-likeness (QED) is 0.725. The van der Waals surface area contributed by atoms with E-state index in [4.69, 9.17) is 5.10 Å². The highest BCUT2D eigenvalue weighted by molar-refractivity contribution is 5.90. The van der Waals surface area contributed by atoms with Crippen molar-refractivity contribution in [3.8, 4) is 16.9 Å². The average Bonchev–Trinajstić information content (AvgIpc) is 3.06. The molecule has 2 heterocycles. The minimum absolute atomic E-state index is 0.0601. The van der Waals surface area contributed by atoms with Crippen LogP contribution in [-0.4, -0.2) is 33.8 Å². The van der Waals surface area contributed by atoms with Crippen LogP contribution < -0.4 is 5.32 Å². The molecule has 1 saturated heterocycles. The maximum absolute atomic E-state index is 12.7. The van der Waals surface area contributed by atoms with E-state index in [0.717, 1.165) is 48.4 Å². The number of hydrogen-bond donors (Lipinski definition) is 1. The van der Waals surface area contributed by atoms with E-state index in [1.54, 1.807) is 0 Å². The Morgan fingerprint density at radius 3 is 2.22 bits per heavy atom. The first-order valence-corrected chi connectivity index (χ1v) is 9.50. The summed E-state index contributed by atoms with van der Waals surface area (Å²) < 4.78 is 1.91. The number of anilines is 1. The van der Waals surface area contributed by atoms with E-state index in [9.17, 15) is 4.79 Å². The fraction of sp³-hybridized carbons (Fsp3) is 0.273. The molecule has 5 heteroatoms. The normalized spacial score (nSPS) is 14.2. The van der Waals surface area contributed by atoms with Gasteiger partial charge in [0.2, 0.25) is 0 Å². The summed E-state index contributed by atoms with van der Waals surface area (Å²) in [5, 5.41) is 7.78. The van der Waals surface area contributed by atoms with E-state index in [0.29, 0.717) is 5.82 Å². The lowest BCUT2D eigenvalue weighted by Gasteiger charge is -2.26. The molecule has 5 nitrogen and oxygen atoms in total. The highest BCUT2D eigenvalue weighted by Gasteiger charge is 2.22. The van der Waals surface area contributed by atoms with Crippen molar-refractivity contribution in [2.45, 2.75) is 26.2 Å². The first-order chi connectivity index (χ1) is 13.2. The van der Waals surface area contributed by atoms with Crippen LogP contribution in [0.25, 0.3) is 16.9 Å². The number of nitrogens with one attached hydrogen (secondary N) is 1. The molecule has 0 unspecified atom stereocenters. The molecule has 138 valence electrons. The molecule has 1 fully saturated rings. The fourth-order valence-electron chi connectivity index (χ4n) is 3.58. The van der Waals surface area contributed by atoms with Crippen LogP contribution in [0.15, 0.2) is 60.7 Å². The third kappa shape index (κ3) is 3.58. The zero-order valence-corrected chi connectivity index (χ0v) is 15.6. The summed E-state index contributed by atoms with van der Waals surface area (Å²) in [6.07, 6.45) is 3.34. The van der Waals surface area contributed by atoms with E-state index < -0.39 is 0 Å². The van der Waals surface area contributed by atoms with Gasteiger partial charge in [0.1, 0.15) is 0 Å². The van der Waals surface area contributed by atoms with Gasteiger partial charge < -0.3 is 4.90 Å². The Kier molecular flexibility index (Phi) is 4.92. The van der Waals surface area contributed by atoms with Gasteiger partial charge in [-0.2, -0.15) is 0 Å². The molecule has 1 aliphatic heterocycles. The second-order valence-corrected chi connectivity index (χ2v) is 6.91. The number of benzene rings is 2. The van der Waals surface area contributed by atoms with Crippen molar-refractivity contribution in [1.82, 2.24) is 14.7 Å². The number of nitrogens with zero attached hydrogens (tertiary/aromatic N) is 3. The van der Waals surface area contributed by atoms with Crippen LogP contribution in [0.2, 0.25) is 0 Å². The van der Waals surface area contributed by atoms with Crippen molar-refractivity contribution in [2.75, 3.05) is 18.4 Å². The third-order valence-corrected chi connectivity index (χ3v) is 5.04. The van der Waals surface area contributed by atoms with Gasteiger partial charge in [0.05, 0.1) is 11.4 Å². The summed E-state index contributed by atoms with van der Waals surface area (Å²) in [7, 11) is 0. The molecule has 0 bridgehead atoms. The minimum atomic E-state index is -0.0601. The molecule has 1 aliphatic rings. The smallest absolute Gasteiger partial charge is 0.323 e. The molecule has 3 aromatic rings. The number of piperidine rings is 1. The van der Waals surface area contributed by atoms with Crippen molar-refractivity contribution in [3.05, 3.63) is 66.2 Å². The Morgan fingerprint density at radius 1 is 0.926 bits per heavy atom. The van der Waals surface area contributed by atoms with Gasteiger partial charge in [0.15, 0.2) is 5.82 Å². The summed E-state index contributed by atoms with van der Waals surface area (Å²) in [6, 6.07) is 20.1. The highest BCUT2D eigenvalue weighted by Crippen LogP contribution is 2.31. The summed E-state index contributed by atoms with van der Waals surface area (Å²) >= 11 is 0. The molecule has 1 aromatic heterocycles. The SMILES string of the molecule is Cc1c(NC(=O)N2CCCCC2)nn(-c2ccccc2)c1-c1ccccc1. The van der Waals surface area contributed by atoms with Gasteiger partial charge in [-0.05, 0) is 38.3 Å². The van der Waals surface area contributed by atoms with Crippen molar-refractivity contribution in [1.29, 1.82) is 0 Å². The summed E-state index contributed by atoms with van der Waals surface area (Å²) in [4.78, 5) is 14.6. The second-order valence-electron chi connectivity index (χ2n) is 6.91. The number of aromatic nitrogens is 2. The number of para-hydroxylation sites is 1. The summed E-state index contributed by atoms with van der Waals surface area (Å²) in [6.45, 7) is 3.65. The van der Waals surface area contributed by atoms with Gasteiger partial charge in [-0.15, -0.1) is 5.10 Å². The largest absolute Gasteiger partial charge is 0.324 e. The van der Waals surface area contributed by atoms with Gasteiger partial charge in [-0.1, -0.05) is 48.5 Å². The zero-order valence-electron chi connectivity index (χ0n) is 15.6. The van der Waals surface area contributed by atoms with Crippen LogP contribution in [0.5, 0.6) is 0 Å². The zero-order chi connectivity index (χ0) is 18.6. The molecular formula is C22H24N4O. The predicted molar refractivity (Wildman–Crippen MR) is 108 cm³/mol. The van der Waals surface area contributed by atoms with E-state index in [1.165, 1.54) is 6.42 Å². The molecule has 0 spiro atoms. The van der Waals surface area contributed by atoms with E-state index >= 15 is 0 Å². The summed E-state index contributed by atoms with van der Waals surface area (Å²) in [5.41, 5.74) is 4.01. The lowest BCUT2D eigenvalue weighted by atomic mass is 10.1. The lowest BCUT2D eigenvalue weighted by molar-refractivity contribution is 0.200. The molecule has 0 atom stereocenters. The van der Waals surface area contributed by atoms with Crippen LogP contribution in [0, 0.1) is 6.92 Å². The monoisotopic (exact) mass is 360 g/mol. The number of urea groups is 1. The Hall–Kier alpha value is -3.08. The predicted octanol–water partition coefficient (Wildman–Crippen LogP) is 4.87. The maximum atomic E-state index is 12.7. The van der Waals surface area contributed by atoms with Gasteiger partial charge in [-0.3, -0.25) is 5.32 Å². The Balaban J connectivity index is 1.73. The minimum Gasteiger partial charge on any atom is -0.324 e. The molecular weight excluding hydrogens is 336 g/mol. The average molecular weight is 360 g/mol. The van der Waals surface area contributed by atoms with Crippen molar-refractivity contribution in [2.24, 2.45) is 0 Å². The number of hydrogen-bond acceptors (Lipinski definition) is 2. The number of likely N-dealkylation sites (tertiary alicyclic amines) is 1. The topological polar surface area (TPSA) is 50.2 Å². The first kappa shape index (κ1) is 17.3. The fourth-order valence-corrected chi connectivity index (χ4v) is 3.58. The number of amides is 2. The van der Waals surface area contributed by atoms with Crippen molar-refractivity contribution < 1.29 is 4.79 Å². The van der Waals surface area contributed by atoms with E-state index in [2.05, 4.69) is 17.4 Å². The maximum Gasteiger partial charge on any atom is 0.323 e. The molecule has 1 N–H and O–H groups in total. The molecule has 27 heavy (non-hydrogen) atoms. The lowest BCUT2D eigenvalue weighted by Crippen LogP contribution is -2.38. The van der Waals surface area contributed by atoms with Crippen LogP contribution in [-0.2, 0) is 0 Å². The van der Waals surface area contributed by atoms with Gasteiger partial charge in [-0.25, -0.2) is 9.48 Å². The standard InChI is InChI=1S/C22H24N4O/c1-17-20(18-11-5-2-6-12-18)26(19-13-7-3-8-14-19)24-21(17)23-22(27)25-15-9-4-10-16-25/h2-3,5-8,11-14H,4,9-10,15-16H2,1H3,(H,23,24,27). The molecule has 2 aromatic carbocycles. The van der Waals surface area contributed by atoms with Crippen molar-refractivity contribution >= 4 is 11.8 Å². The van der Waals surface area contributed by atoms with Crippen LogP contribution >= 0.6 is 0 Å². The van der Waals surface area contributed by atoms with E-state index in [1.807, 2.05) is 65.0 Å². The third-order valence-electron chi connectivity index (χ3n) is 5.04. The molecule has 0 saturated carbocycles. The molecule has 4 rings (SSSR count).